The zero-order valence-corrected chi connectivity index (χ0v) is 26.9. The molecule has 2 saturated heterocycles. The fourth-order valence-corrected chi connectivity index (χ4v) is 7.18. The Morgan fingerprint density at radius 2 is 1.84 bits per heavy atom. The van der Waals surface area contributed by atoms with Gasteiger partial charge in [-0.2, -0.15) is 0 Å². The first-order valence-electron chi connectivity index (χ1n) is 15.6. The largest absolute Gasteiger partial charge is 0.494 e. The number of piperidine rings is 1. The number of esters is 1. The summed E-state index contributed by atoms with van der Waals surface area (Å²) < 4.78 is 22.4. The van der Waals surface area contributed by atoms with Crippen LogP contribution in [0.25, 0.3) is 0 Å². The molecule has 2 aromatic carbocycles. The van der Waals surface area contributed by atoms with Gasteiger partial charge in [0.25, 0.3) is 5.91 Å². The Bertz CT molecular complexity index is 1430. The fraction of sp³-hybridized carbons (Fsp3) is 0.545. The van der Waals surface area contributed by atoms with Crippen LogP contribution in [-0.4, -0.2) is 80.3 Å². The second-order valence-corrected chi connectivity index (χ2v) is 15.2. The number of methoxy groups -OCH3 is 1. The Kier molecular flexibility index (Phi) is 9.83. The maximum Gasteiger partial charge on any atom is 0.338 e. The van der Waals surface area contributed by atoms with Crippen LogP contribution in [0.15, 0.2) is 36.4 Å². The number of nitrogens with zero attached hydrogens (tertiary/aromatic N) is 2. The van der Waals surface area contributed by atoms with Crippen LogP contribution in [0.2, 0.25) is 0 Å². The average molecular weight is 626 g/mol. The first-order valence-corrected chi connectivity index (χ1v) is 17.9. The van der Waals surface area contributed by atoms with Crippen molar-refractivity contribution in [1.29, 1.82) is 0 Å². The molecule has 3 fully saturated rings. The maximum absolute atomic E-state index is 13.2. The Balaban J connectivity index is 1.18. The van der Waals surface area contributed by atoms with Crippen molar-refractivity contribution in [2.75, 3.05) is 57.6 Å². The van der Waals surface area contributed by atoms with Crippen molar-refractivity contribution in [2.24, 2.45) is 5.41 Å². The van der Waals surface area contributed by atoms with Crippen molar-refractivity contribution in [1.82, 2.24) is 10.2 Å². The number of nitrogens with one attached hydrogen (secondary N) is 1. The third-order valence-electron chi connectivity index (χ3n) is 9.06. The van der Waals surface area contributed by atoms with Crippen LogP contribution in [-0.2, 0) is 20.6 Å². The maximum atomic E-state index is 13.2. The van der Waals surface area contributed by atoms with E-state index in [1.54, 1.807) is 12.1 Å². The van der Waals surface area contributed by atoms with Gasteiger partial charge in [-0.05, 0) is 105 Å². The molecule has 2 aromatic rings. The quantitative estimate of drug-likeness (QED) is 0.196. The molecule has 2 aliphatic heterocycles. The Hall–Kier alpha value is -3.20. The third kappa shape index (κ3) is 7.71. The second-order valence-electron chi connectivity index (χ2n) is 12.6. The summed E-state index contributed by atoms with van der Waals surface area (Å²) in [6.07, 6.45) is 5.11. The van der Waals surface area contributed by atoms with E-state index in [-0.39, 0.29) is 29.4 Å². The van der Waals surface area contributed by atoms with E-state index in [1.807, 2.05) is 30.0 Å². The SMILES string of the molecule is CCOc1cc(C(=O)OC)c(C2CC2)cc1CN1CCC2(CC1)CC(=O)N(c1ccc(C(=O)NCCCP(C)(=O)O)cc1)C2. The zero-order valence-electron chi connectivity index (χ0n) is 26.0. The van der Waals surface area contributed by atoms with Crippen LogP contribution in [0.5, 0.6) is 5.75 Å². The number of amides is 2. The number of rotatable bonds is 12. The standard InChI is InChI=1S/C33H44N3O7P/c1-4-43-29-19-28(32(39)42-2)27(23-6-7-23)18-25(29)21-35-15-12-33(13-16-35)20-30(37)36(22-33)26-10-8-24(9-11-26)31(38)34-14-5-17-44(3,40)41/h8-11,18-19,23H,4-7,12-17,20-22H2,1-3H3,(H,34,38)(H,40,41). The van der Waals surface area contributed by atoms with E-state index in [1.165, 1.54) is 13.8 Å². The van der Waals surface area contributed by atoms with Crippen LogP contribution in [0, 0.1) is 5.41 Å². The van der Waals surface area contributed by atoms with Gasteiger partial charge in [-0.15, -0.1) is 0 Å². The highest BCUT2D eigenvalue weighted by molar-refractivity contribution is 7.57. The van der Waals surface area contributed by atoms with E-state index in [0.717, 1.165) is 67.9 Å². The van der Waals surface area contributed by atoms with Gasteiger partial charge >= 0.3 is 5.97 Å². The fourth-order valence-electron chi connectivity index (χ4n) is 6.44. The molecule has 1 atom stereocenters. The number of anilines is 1. The van der Waals surface area contributed by atoms with Crippen LogP contribution in [0.3, 0.4) is 0 Å². The van der Waals surface area contributed by atoms with E-state index in [0.29, 0.717) is 49.6 Å². The number of benzene rings is 2. The minimum Gasteiger partial charge on any atom is -0.494 e. The molecule has 2 amide bonds. The number of carbonyl (C=O) groups is 3. The van der Waals surface area contributed by atoms with Gasteiger partial charge in [-0.1, -0.05) is 0 Å². The third-order valence-corrected chi connectivity index (χ3v) is 10.2. The lowest BCUT2D eigenvalue weighted by Crippen LogP contribution is -2.41. The summed E-state index contributed by atoms with van der Waals surface area (Å²) in [6, 6.07) is 11.1. The highest BCUT2D eigenvalue weighted by Gasteiger charge is 2.45. The smallest absolute Gasteiger partial charge is 0.338 e. The second kappa shape index (κ2) is 13.4. The van der Waals surface area contributed by atoms with Crippen molar-refractivity contribution in [3.8, 4) is 5.75 Å². The monoisotopic (exact) mass is 625 g/mol. The molecule has 2 N–H and O–H groups in total. The van der Waals surface area contributed by atoms with Crippen molar-refractivity contribution in [2.45, 2.75) is 57.9 Å². The summed E-state index contributed by atoms with van der Waals surface area (Å²) in [7, 11) is -1.67. The lowest BCUT2D eigenvalue weighted by molar-refractivity contribution is -0.118. The average Bonchev–Trinajstić information content (AvgIpc) is 3.80. The molecule has 1 unspecified atom stereocenters. The van der Waals surface area contributed by atoms with Gasteiger partial charge in [-0.3, -0.25) is 19.1 Å². The molecule has 0 bridgehead atoms. The summed E-state index contributed by atoms with van der Waals surface area (Å²) >= 11 is 0. The van der Waals surface area contributed by atoms with E-state index in [2.05, 4.69) is 16.3 Å². The van der Waals surface area contributed by atoms with Crippen molar-refractivity contribution in [3.63, 3.8) is 0 Å². The number of carbonyl (C=O) groups excluding carboxylic acids is 3. The predicted octanol–water partition coefficient (Wildman–Crippen LogP) is 4.79. The van der Waals surface area contributed by atoms with Crippen LogP contribution < -0.4 is 15.0 Å². The summed E-state index contributed by atoms with van der Waals surface area (Å²) in [4.78, 5) is 51.8. The number of hydrogen-bond donors (Lipinski definition) is 2. The normalized spacial score (nSPS) is 19.5. The highest BCUT2D eigenvalue weighted by Crippen LogP contribution is 2.45. The predicted molar refractivity (Wildman–Crippen MR) is 169 cm³/mol. The van der Waals surface area contributed by atoms with Gasteiger partial charge in [-0.25, -0.2) is 4.79 Å². The van der Waals surface area contributed by atoms with Crippen LogP contribution in [0.4, 0.5) is 5.69 Å². The van der Waals surface area contributed by atoms with Crippen LogP contribution in [0.1, 0.15) is 83.2 Å². The highest BCUT2D eigenvalue weighted by atomic mass is 31.2. The first-order chi connectivity index (χ1) is 21.0. The summed E-state index contributed by atoms with van der Waals surface area (Å²) in [5.41, 5.74) is 3.94. The first kappa shape index (κ1) is 32.2. The summed E-state index contributed by atoms with van der Waals surface area (Å²) in [6.45, 7) is 7.23. The van der Waals surface area contributed by atoms with Crippen LogP contribution >= 0.6 is 7.37 Å². The molecule has 11 heteroatoms. The molecular weight excluding hydrogens is 581 g/mol. The van der Waals surface area contributed by atoms with E-state index in [9.17, 15) is 23.8 Å². The lowest BCUT2D eigenvalue weighted by Gasteiger charge is -2.39. The Morgan fingerprint density at radius 3 is 2.45 bits per heavy atom. The number of likely N-dealkylation sites (tertiary alicyclic amines) is 1. The molecule has 1 saturated carbocycles. The summed E-state index contributed by atoms with van der Waals surface area (Å²) in [5, 5.41) is 2.78. The van der Waals surface area contributed by atoms with E-state index in [4.69, 9.17) is 9.47 Å². The molecule has 0 radical (unpaired) electrons. The van der Waals surface area contributed by atoms with E-state index >= 15 is 0 Å². The molecule has 238 valence electrons. The molecule has 1 spiro atoms. The number of hydrogen-bond acceptors (Lipinski definition) is 7. The summed E-state index contributed by atoms with van der Waals surface area (Å²) in [5.74, 6) is 0.672. The van der Waals surface area contributed by atoms with Gasteiger partial charge in [0.2, 0.25) is 5.91 Å². The van der Waals surface area contributed by atoms with Gasteiger partial charge in [0.05, 0.1) is 19.3 Å². The van der Waals surface area contributed by atoms with Crippen molar-refractivity contribution >= 4 is 30.8 Å². The minimum atomic E-state index is -3.08. The van der Waals surface area contributed by atoms with Crippen molar-refractivity contribution in [3.05, 3.63) is 58.7 Å². The van der Waals surface area contributed by atoms with Gasteiger partial charge in [0, 0.05) is 55.7 Å². The molecule has 2 heterocycles. The molecular formula is C33H44N3O7P. The lowest BCUT2D eigenvalue weighted by atomic mass is 9.77. The molecule has 1 aliphatic carbocycles. The molecule has 44 heavy (non-hydrogen) atoms. The van der Waals surface area contributed by atoms with Crippen molar-refractivity contribution < 1.29 is 33.3 Å². The molecule has 5 rings (SSSR count). The van der Waals surface area contributed by atoms with Gasteiger partial charge < -0.3 is 24.6 Å². The number of ether oxygens (including phenoxy) is 2. The van der Waals surface area contributed by atoms with Gasteiger partial charge in [0.15, 0.2) is 7.37 Å². The Labute approximate surface area is 259 Å². The minimum absolute atomic E-state index is 0.0777. The topological polar surface area (TPSA) is 125 Å². The van der Waals surface area contributed by atoms with E-state index < -0.39 is 7.37 Å². The molecule has 3 aliphatic rings. The Morgan fingerprint density at radius 1 is 1.14 bits per heavy atom. The molecule has 10 nitrogen and oxygen atoms in total. The molecule has 0 aromatic heterocycles. The van der Waals surface area contributed by atoms with Gasteiger partial charge in [0.1, 0.15) is 5.75 Å². The zero-order chi connectivity index (χ0) is 31.5.